The van der Waals surface area contributed by atoms with Crippen molar-refractivity contribution in [3.8, 4) is 0 Å². The average molecular weight is 359 g/mol. The second kappa shape index (κ2) is 7.25. The molecule has 1 saturated carbocycles. The summed E-state index contributed by atoms with van der Waals surface area (Å²) in [5.41, 5.74) is 1.00. The first-order chi connectivity index (χ1) is 12.6. The molecule has 2 amide bonds. The Morgan fingerprint density at radius 2 is 1.23 bits per heavy atom. The van der Waals surface area contributed by atoms with Gasteiger partial charge in [-0.05, 0) is 49.9 Å². The first-order valence-electron chi connectivity index (χ1n) is 9.70. The van der Waals surface area contributed by atoms with Gasteiger partial charge in [0.2, 0.25) is 11.8 Å². The van der Waals surface area contributed by atoms with Gasteiger partial charge in [0.25, 0.3) is 0 Å². The maximum absolute atomic E-state index is 13.1. The predicted octanol–water partition coefficient (Wildman–Crippen LogP) is 2.12. The number of hydrogen-bond donors (Lipinski definition) is 0. The standard InChI is InChI=1S/C20H26FN3O2/c21-17-3-5-18(6-4-17)22-11-13-24(14-12-22)20(26)16-7-9-23(10-8-16)19(25)15-1-2-15/h3-6,15-16H,1-2,7-14H2. The Labute approximate surface area is 153 Å². The Bertz CT molecular complexity index is 658. The monoisotopic (exact) mass is 359 g/mol. The first kappa shape index (κ1) is 17.3. The van der Waals surface area contributed by atoms with Crippen LogP contribution in [0, 0.1) is 17.7 Å². The van der Waals surface area contributed by atoms with E-state index in [2.05, 4.69) is 4.90 Å². The first-order valence-corrected chi connectivity index (χ1v) is 9.70. The van der Waals surface area contributed by atoms with Gasteiger partial charge in [-0.15, -0.1) is 0 Å². The van der Waals surface area contributed by atoms with Crippen LogP contribution in [-0.4, -0.2) is 60.9 Å². The van der Waals surface area contributed by atoms with Crippen molar-refractivity contribution in [1.82, 2.24) is 9.80 Å². The fourth-order valence-electron chi connectivity index (χ4n) is 4.03. The molecule has 1 aromatic carbocycles. The Kier molecular flexibility index (Phi) is 4.83. The van der Waals surface area contributed by atoms with Gasteiger partial charge in [0.1, 0.15) is 5.82 Å². The van der Waals surface area contributed by atoms with Crippen LogP contribution in [0.4, 0.5) is 10.1 Å². The van der Waals surface area contributed by atoms with E-state index in [0.29, 0.717) is 19.0 Å². The highest BCUT2D eigenvalue weighted by molar-refractivity contribution is 5.82. The fraction of sp³-hybridized carbons (Fsp3) is 0.600. The van der Waals surface area contributed by atoms with Crippen molar-refractivity contribution in [2.75, 3.05) is 44.2 Å². The molecule has 1 aromatic rings. The van der Waals surface area contributed by atoms with Gasteiger partial charge in [0.05, 0.1) is 0 Å². The Morgan fingerprint density at radius 3 is 1.77 bits per heavy atom. The summed E-state index contributed by atoms with van der Waals surface area (Å²) in [6.07, 6.45) is 3.65. The summed E-state index contributed by atoms with van der Waals surface area (Å²) in [4.78, 5) is 31.1. The number of rotatable bonds is 3. The number of amides is 2. The average Bonchev–Trinajstić information content (AvgIpc) is 3.53. The van der Waals surface area contributed by atoms with Gasteiger partial charge in [-0.3, -0.25) is 9.59 Å². The normalized spacial score (nSPS) is 21.8. The van der Waals surface area contributed by atoms with Crippen LogP contribution in [0.2, 0.25) is 0 Å². The Balaban J connectivity index is 1.26. The molecule has 3 aliphatic rings. The smallest absolute Gasteiger partial charge is 0.225 e. The highest BCUT2D eigenvalue weighted by Crippen LogP contribution is 2.32. The van der Waals surface area contributed by atoms with Crippen LogP contribution in [0.25, 0.3) is 0 Å². The summed E-state index contributed by atoms with van der Waals surface area (Å²) in [7, 11) is 0. The van der Waals surface area contributed by atoms with Crippen molar-refractivity contribution in [3.63, 3.8) is 0 Å². The molecule has 1 aliphatic carbocycles. The lowest BCUT2D eigenvalue weighted by atomic mass is 9.94. The van der Waals surface area contributed by atoms with E-state index in [1.807, 2.05) is 9.80 Å². The molecule has 140 valence electrons. The number of piperazine rings is 1. The zero-order valence-corrected chi connectivity index (χ0v) is 15.1. The van der Waals surface area contributed by atoms with E-state index < -0.39 is 0 Å². The number of carbonyl (C=O) groups is 2. The third kappa shape index (κ3) is 3.69. The third-order valence-electron chi connectivity index (χ3n) is 5.87. The minimum atomic E-state index is -0.228. The van der Waals surface area contributed by atoms with Gasteiger partial charge in [-0.2, -0.15) is 0 Å². The molecule has 0 aromatic heterocycles. The maximum atomic E-state index is 13.1. The van der Waals surface area contributed by atoms with Crippen molar-refractivity contribution in [1.29, 1.82) is 0 Å². The van der Waals surface area contributed by atoms with E-state index in [9.17, 15) is 14.0 Å². The molecule has 0 spiro atoms. The summed E-state index contributed by atoms with van der Waals surface area (Å²) >= 11 is 0. The molecule has 0 unspecified atom stereocenters. The van der Waals surface area contributed by atoms with Crippen LogP contribution in [0.3, 0.4) is 0 Å². The molecule has 0 N–H and O–H groups in total. The van der Waals surface area contributed by atoms with Crippen molar-refractivity contribution >= 4 is 17.5 Å². The van der Waals surface area contributed by atoms with Gasteiger partial charge in [0, 0.05) is 56.8 Å². The number of likely N-dealkylation sites (tertiary alicyclic amines) is 1. The summed E-state index contributed by atoms with van der Waals surface area (Å²) in [6.45, 7) is 4.41. The van der Waals surface area contributed by atoms with Crippen LogP contribution in [0.15, 0.2) is 24.3 Å². The number of hydrogen-bond acceptors (Lipinski definition) is 3. The molecule has 3 fully saturated rings. The van der Waals surface area contributed by atoms with E-state index in [1.165, 1.54) is 12.1 Å². The lowest BCUT2D eigenvalue weighted by molar-refractivity contribution is -0.141. The van der Waals surface area contributed by atoms with E-state index in [-0.39, 0.29) is 23.6 Å². The molecule has 2 heterocycles. The molecule has 6 heteroatoms. The predicted molar refractivity (Wildman–Crippen MR) is 97.2 cm³/mol. The molecular formula is C20H26FN3O2. The van der Waals surface area contributed by atoms with E-state index in [0.717, 1.165) is 57.5 Å². The lowest BCUT2D eigenvalue weighted by Gasteiger charge is -2.39. The number of anilines is 1. The zero-order chi connectivity index (χ0) is 18.1. The zero-order valence-electron chi connectivity index (χ0n) is 15.1. The summed E-state index contributed by atoms with van der Waals surface area (Å²) in [5.74, 6) is 0.623. The molecule has 4 rings (SSSR count). The Hall–Kier alpha value is -2.11. The third-order valence-corrected chi connectivity index (χ3v) is 5.87. The number of benzene rings is 1. The molecule has 26 heavy (non-hydrogen) atoms. The van der Waals surface area contributed by atoms with E-state index in [4.69, 9.17) is 0 Å². The fourth-order valence-corrected chi connectivity index (χ4v) is 4.03. The molecular weight excluding hydrogens is 333 g/mol. The summed E-state index contributed by atoms with van der Waals surface area (Å²) < 4.78 is 13.1. The Morgan fingerprint density at radius 1 is 0.731 bits per heavy atom. The highest BCUT2D eigenvalue weighted by Gasteiger charge is 2.37. The van der Waals surface area contributed by atoms with Crippen molar-refractivity contribution in [3.05, 3.63) is 30.1 Å². The van der Waals surface area contributed by atoms with Crippen LogP contribution in [-0.2, 0) is 9.59 Å². The summed E-state index contributed by atoms with van der Waals surface area (Å²) in [6, 6.07) is 6.53. The topological polar surface area (TPSA) is 43.9 Å². The minimum Gasteiger partial charge on any atom is -0.368 e. The van der Waals surface area contributed by atoms with Crippen LogP contribution in [0.5, 0.6) is 0 Å². The largest absolute Gasteiger partial charge is 0.368 e. The molecule has 2 aliphatic heterocycles. The van der Waals surface area contributed by atoms with Gasteiger partial charge < -0.3 is 14.7 Å². The van der Waals surface area contributed by atoms with Crippen LogP contribution < -0.4 is 4.90 Å². The molecule has 0 atom stereocenters. The molecule has 5 nitrogen and oxygen atoms in total. The van der Waals surface area contributed by atoms with Gasteiger partial charge >= 0.3 is 0 Å². The minimum absolute atomic E-state index is 0.0515. The quantitative estimate of drug-likeness (QED) is 0.830. The van der Waals surface area contributed by atoms with Crippen molar-refractivity contribution < 1.29 is 14.0 Å². The van der Waals surface area contributed by atoms with Crippen molar-refractivity contribution in [2.24, 2.45) is 11.8 Å². The van der Waals surface area contributed by atoms with Gasteiger partial charge in [-0.25, -0.2) is 4.39 Å². The molecule has 0 bridgehead atoms. The van der Waals surface area contributed by atoms with Crippen molar-refractivity contribution in [2.45, 2.75) is 25.7 Å². The second-order valence-corrected chi connectivity index (χ2v) is 7.66. The molecule has 2 saturated heterocycles. The SMILES string of the molecule is O=C(C1CC1)N1CCC(C(=O)N2CCN(c3ccc(F)cc3)CC2)CC1. The highest BCUT2D eigenvalue weighted by atomic mass is 19.1. The number of halogens is 1. The van der Waals surface area contributed by atoms with Crippen LogP contribution in [0.1, 0.15) is 25.7 Å². The lowest BCUT2D eigenvalue weighted by Crippen LogP contribution is -2.52. The maximum Gasteiger partial charge on any atom is 0.225 e. The van der Waals surface area contributed by atoms with E-state index in [1.54, 1.807) is 12.1 Å². The summed E-state index contributed by atoms with van der Waals surface area (Å²) in [5, 5.41) is 0. The number of carbonyl (C=O) groups excluding carboxylic acids is 2. The number of nitrogens with zero attached hydrogens (tertiary/aromatic N) is 3. The second-order valence-electron chi connectivity index (χ2n) is 7.66. The number of piperidine rings is 1. The van der Waals surface area contributed by atoms with Crippen LogP contribution >= 0.6 is 0 Å². The van der Waals surface area contributed by atoms with Gasteiger partial charge in [0.15, 0.2) is 0 Å². The van der Waals surface area contributed by atoms with Gasteiger partial charge in [-0.1, -0.05) is 0 Å². The molecule has 0 radical (unpaired) electrons. The van der Waals surface area contributed by atoms with E-state index >= 15 is 0 Å².